The second-order valence-corrected chi connectivity index (χ2v) is 9.63. The zero-order valence-corrected chi connectivity index (χ0v) is 9.23. The zero-order valence-electron chi connectivity index (χ0n) is 8.23. The van der Waals surface area contributed by atoms with E-state index in [-0.39, 0.29) is 0 Å². The predicted octanol–water partition coefficient (Wildman–Crippen LogP) is 3.39. The van der Waals surface area contributed by atoms with Crippen molar-refractivity contribution in [2.24, 2.45) is 5.92 Å². The fraction of sp³-hybridized carbons (Fsp3) is 0.600. The lowest BCUT2D eigenvalue weighted by molar-refractivity contribution is 0.921. The molecule has 0 heterocycles. The Bertz CT molecular complexity index is 216. The van der Waals surface area contributed by atoms with Crippen LogP contribution in [0.3, 0.4) is 0 Å². The average Bonchev–Trinajstić information content (AvgIpc) is 2.08. The van der Waals surface area contributed by atoms with Crippen molar-refractivity contribution in [3.05, 3.63) is 22.9 Å². The van der Waals surface area contributed by atoms with Crippen LogP contribution >= 0.6 is 0 Å². The maximum atomic E-state index is 2.42. The molecule has 62 valence electrons. The van der Waals surface area contributed by atoms with Crippen LogP contribution in [0.5, 0.6) is 0 Å². The van der Waals surface area contributed by atoms with E-state index < -0.39 is 8.07 Å². The molecule has 0 radical (unpaired) electrons. The Labute approximate surface area is 71.0 Å². The Kier molecular flexibility index (Phi) is 2.10. The highest BCUT2D eigenvalue weighted by Crippen LogP contribution is 2.30. The van der Waals surface area contributed by atoms with Crippen molar-refractivity contribution in [3.63, 3.8) is 0 Å². The van der Waals surface area contributed by atoms with E-state index in [4.69, 9.17) is 0 Å². The van der Waals surface area contributed by atoms with Gasteiger partial charge in [0.15, 0.2) is 0 Å². The highest BCUT2D eigenvalue weighted by molar-refractivity contribution is 6.83. The van der Waals surface area contributed by atoms with Crippen LogP contribution in [0.1, 0.15) is 13.8 Å². The van der Waals surface area contributed by atoms with Crippen molar-refractivity contribution in [2.45, 2.75) is 33.5 Å². The van der Waals surface area contributed by atoms with Gasteiger partial charge >= 0.3 is 0 Å². The van der Waals surface area contributed by atoms with Crippen LogP contribution in [-0.2, 0) is 0 Å². The van der Waals surface area contributed by atoms with Gasteiger partial charge in [0.05, 0.1) is 8.07 Å². The standard InChI is InChI=1S/C10H18Si/c1-8-6-9(2)10(7-8)11(3,4)5/h6-7,9H,1-5H3. The van der Waals surface area contributed by atoms with Crippen LogP contribution in [0.15, 0.2) is 22.9 Å². The lowest BCUT2D eigenvalue weighted by atomic mass is 10.2. The van der Waals surface area contributed by atoms with Crippen LogP contribution < -0.4 is 0 Å². The third kappa shape index (κ3) is 1.83. The molecule has 0 aromatic carbocycles. The van der Waals surface area contributed by atoms with Crippen LogP contribution in [-0.4, -0.2) is 8.07 Å². The van der Waals surface area contributed by atoms with Crippen molar-refractivity contribution in [1.82, 2.24) is 0 Å². The van der Waals surface area contributed by atoms with Gasteiger partial charge in [0.1, 0.15) is 0 Å². The summed E-state index contributed by atoms with van der Waals surface area (Å²) in [7, 11) is -1.02. The number of hydrogen-bond donors (Lipinski definition) is 0. The van der Waals surface area contributed by atoms with Gasteiger partial charge in [0, 0.05) is 0 Å². The summed E-state index contributed by atoms with van der Waals surface area (Å²) in [6.07, 6.45) is 4.75. The summed E-state index contributed by atoms with van der Waals surface area (Å²) in [5.74, 6) is 0.710. The first-order valence-corrected chi connectivity index (χ1v) is 7.82. The van der Waals surface area contributed by atoms with Gasteiger partial charge in [0.2, 0.25) is 0 Å². The third-order valence-corrected chi connectivity index (χ3v) is 4.58. The van der Waals surface area contributed by atoms with Crippen LogP contribution in [0.2, 0.25) is 19.6 Å². The van der Waals surface area contributed by atoms with Gasteiger partial charge < -0.3 is 0 Å². The summed E-state index contributed by atoms with van der Waals surface area (Å²) in [5.41, 5.74) is 1.45. The molecule has 1 rings (SSSR count). The first kappa shape index (κ1) is 8.79. The van der Waals surface area contributed by atoms with Crippen molar-refractivity contribution in [3.8, 4) is 0 Å². The molecule has 0 spiro atoms. The molecule has 0 saturated carbocycles. The molecule has 0 nitrogen and oxygen atoms in total. The topological polar surface area (TPSA) is 0 Å². The molecular weight excluding hydrogens is 148 g/mol. The Hall–Kier alpha value is -0.303. The van der Waals surface area contributed by atoms with Crippen molar-refractivity contribution in [1.29, 1.82) is 0 Å². The number of rotatable bonds is 1. The van der Waals surface area contributed by atoms with Gasteiger partial charge in [0.25, 0.3) is 0 Å². The lowest BCUT2D eigenvalue weighted by Crippen LogP contribution is -2.26. The van der Waals surface area contributed by atoms with E-state index in [2.05, 4.69) is 45.6 Å². The van der Waals surface area contributed by atoms with E-state index in [0.717, 1.165) is 0 Å². The molecule has 0 aliphatic heterocycles. The highest BCUT2D eigenvalue weighted by atomic mass is 28.3. The largest absolute Gasteiger partial charge is 0.0751 e. The summed E-state index contributed by atoms with van der Waals surface area (Å²) >= 11 is 0. The Morgan fingerprint density at radius 3 is 2.00 bits per heavy atom. The molecule has 11 heavy (non-hydrogen) atoms. The summed E-state index contributed by atoms with van der Waals surface area (Å²) in [4.78, 5) is 0. The quantitative estimate of drug-likeness (QED) is 0.524. The SMILES string of the molecule is CC1=CC(C)C([Si](C)(C)C)=C1. The fourth-order valence-electron chi connectivity index (χ4n) is 1.81. The minimum atomic E-state index is -1.02. The first-order valence-electron chi connectivity index (χ1n) is 4.32. The second-order valence-electron chi connectivity index (χ2n) is 4.55. The summed E-state index contributed by atoms with van der Waals surface area (Å²) in [6.45, 7) is 11.8. The van der Waals surface area contributed by atoms with Gasteiger partial charge in [-0.2, -0.15) is 0 Å². The predicted molar refractivity (Wildman–Crippen MR) is 54.4 cm³/mol. The molecule has 0 saturated heterocycles. The maximum Gasteiger partial charge on any atom is 0.0732 e. The van der Waals surface area contributed by atoms with Gasteiger partial charge in [-0.1, -0.05) is 49.5 Å². The van der Waals surface area contributed by atoms with Crippen LogP contribution in [0.4, 0.5) is 0 Å². The molecule has 0 amide bonds. The van der Waals surface area contributed by atoms with E-state index in [9.17, 15) is 0 Å². The molecule has 0 bridgehead atoms. The molecule has 1 atom stereocenters. The average molecular weight is 166 g/mol. The zero-order chi connectivity index (χ0) is 8.65. The van der Waals surface area contributed by atoms with E-state index in [0.29, 0.717) is 5.92 Å². The van der Waals surface area contributed by atoms with E-state index in [1.54, 1.807) is 5.20 Å². The van der Waals surface area contributed by atoms with Crippen LogP contribution in [0, 0.1) is 5.92 Å². The Balaban J connectivity index is 2.87. The van der Waals surface area contributed by atoms with E-state index in [1.165, 1.54) is 5.57 Å². The van der Waals surface area contributed by atoms with Gasteiger partial charge in [-0.05, 0) is 12.8 Å². The summed E-state index contributed by atoms with van der Waals surface area (Å²) in [6, 6.07) is 0. The van der Waals surface area contributed by atoms with Crippen molar-refractivity contribution >= 4 is 8.07 Å². The minimum Gasteiger partial charge on any atom is -0.0751 e. The summed E-state index contributed by atoms with van der Waals surface area (Å²) in [5, 5.41) is 1.70. The first-order chi connectivity index (χ1) is 4.91. The van der Waals surface area contributed by atoms with Gasteiger partial charge in [-0.3, -0.25) is 0 Å². The van der Waals surface area contributed by atoms with Crippen molar-refractivity contribution < 1.29 is 0 Å². The fourth-order valence-corrected chi connectivity index (χ4v) is 3.92. The highest BCUT2D eigenvalue weighted by Gasteiger charge is 2.25. The summed E-state index contributed by atoms with van der Waals surface area (Å²) < 4.78 is 0. The molecular formula is C10H18Si. The third-order valence-electron chi connectivity index (χ3n) is 2.25. The Morgan fingerprint density at radius 1 is 1.27 bits per heavy atom. The van der Waals surface area contributed by atoms with E-state index in [1.807, 2.05) is 0 Å². The molecule has 1 unspecified atom stereocenters. The van der Waals surface area contributed by atoms with Crippen LogP contribution in [0.25, 0.3) is 0 Å². The Morgan fingerprint density at radius 2 is 1.82 bits per heavy atom. The molecule has 1 heteroatoms. The molecule has 1 aliphatic rings. The van der Waals surface area contributed by atoms with E-state index >= 15 is 0 Å². The monoisotopic (exact) mass is 166 g/mol. The second kappa shape index (κ2) is 2.63. The molecule has 1 aliphatic carbocycles. The number of hydrogen-bond acceptors (Lipinski definition) is 0. The molecule has 0 N–H and O–H groups in total. The molecule has 0 fully saturated rings. The molecule has 0 aromatic heterocycles. The van der Waals surface area contributed by atoms with Gasteiger partial charge in [-0.25, -0.2) is 0 Å². The number of allylic oxidation sites excluding steroid dienone is 4. The smallest absolute Gasteiger partial charge is 0.0732 e. The molecule has 0 aromatic rings. The minimum absolute atomic E-state index is 0.710. The maximum absolute atomic E-state index is 2.42. The van der Waals surface area contributed by atoms with Gasteiger partial charge in [-0.15, -0.1) is 0 Å². The lowest BCUT2D eigenvalue weighted by Gasteiger charge is -2.21. The van der Waals surface area contributed by atoms with Crippen molar-refractivity contribution in [2.75, 3.05) is 0 Å². The normalized spacial score (nSPS) is 25.0.